The number of aliphatic hydroxyl groups is 1. The van der Waals surface area contributed by atoms with Gasteiger partial charge in [0.2, 0.25) is 17.8 Å². The number of piperazine rings is 1. The Kier molecular flexibility index (Phi) is 12.1. The SMILES string of the molecule is O=C(CCCC(=O)NCc1ccccc1-c1ccc([C@@H]2O[C@H](CN3CCN(c4ncccn4)CC3)C[C@H](c3ccc(CO)cc3)O2)cc1)NO. The van der Waals surface area contributed by atoms with Gasteiger partial charge in [0.25, 0.3) is 0 Å². The summed E-state index contributed by atoms with van der Waals surface area (Å²) in [5.74, 6) is 0.0975. The third kappa shape index (κ3) is 9.29. The van der Waals surface area contributed by atoms with Crippen molar-refractivity contribution in [2.24, 2.45) is 0 Å². The fourth-order valence-corrected chi connectivity index (χ4v) is 6.43. The van der Waals surface area contributed by atoms with E-state index in [0.717, 1.165) is 72.1 Å². The summed E-state index contributed by atoms with van der Waals surface area (Å²) in [5.41, 5.74) is 7.39. The maximum absolute atomic E-state index is 12.4. The highest BCUT2D eigenvalue weighted by molar-refractivity contribution is 5.78. The number of nitrogens with zero attached hydrogens (tertiary/aromatic N) is 4. The first-order valence-corrected chi connectivity index (χ1v) is 17.1. The van der Waals surface area contributed by atoms with Gasteiger partial charge < -0.3 is 24.8 Å². The fourth-order valence-electron chi connectivity index (χ4n) is 6.43. The van der Waals surface area contributed by atoms with E-state index in [1.54, 1.807) is 17.9 Å². The zero-order valence-corrected chi connectivity index (χ0v) is 28.0. The summed E-state index contributed by atoms with van der Waals surface area (Å²) in [6.45, 7) is 4.58. The molecular weight excluding hydrogens is 636 g/mol. The number of ether oxygens (including phenoxy) is 2. The van der Waals surface area contributed by atoms with E-state index in [1.165, 1.54) is 0 Å². The van der Waals surface area contributed by atoms with Gasteiger partial charge in [-0.1, -0.05) is 72.8 Å². The van der Waals surface area contributed by atoms with Crippen LogP contribution in [0.5, 0.6) is 0 Å². The van der Waals surface area contributed by atoms with Crippen molar-refractivity contribution in [1.82, 2.24) is 25.7 Å². The zero-order chi connectivity index (χ0) is 34.7. The first-order chi connectivity index (χ1) is 24.5. The van der Waals surface area contributed by atoms with Gasteiger partial charge >= 0.3 is 0 Å². The summed E-state index contributed by atoms with van der Waals surface area (Å²) in [6.07, 6.45) is 4.09. The summed E-state index contributed by atoms with van der Waals surface area (Å²) in [5, 5.41) is 21.2. The number of anilines is 1. The Morgan fingerprint density at radius 2 is 1.52 bits per heavy atom. The molecule has 12 nitrogen and oxygen atoms in total. The van der Waals surface area contributed by atoms with Crippen LogP contribution in [-0.2, 0) is 32.2 Å². The molecule has 2 aliphatic heterocycles. The van der Waals surface area contributed by atoms with Crippen LogP contribution in [0.15, 0.2) is 91.3 Å². The molecule has 2 aliphatic rings. The third-order valence-corrected chi connectivity index (χ3v) is 9.20. The Labute approximate surface area is 292 Å². The second-order valence-corrected chi connectivity index (χ2v) is 12.6. The molecule has 0 saturated carbocycles. The number of carbonyl (C=O) groups excluding carboxylic acids is 2. The molecule has 50 heavy (non-hydrogen) atoms. The molecule has 0 radical (unpaired) electrons. The third-order valence-electron chi connectivity index (χ3n) is 9.20. The van der Waals surface area contributed by atoms with E-state index in [-0.39, 0.29) is 37.6 Å². The fraction of sp³-hybridized carbons (Fsp3) is 0.368. The number of rotatable bonds is 13. The molecular formula is C38H44N6O6. The predicted octanol–water partition coefficient (Wildman–Crippen LogP) is 4.30. The number of benzene rings is 3. The Morgan fingerprint density at radius 3 is 2.24 bits per heavy atom. The summed E-state index contributed by atoms with van der Waals surface area (Å²) in [7, 11) is 0. The number of hydrogen-bond donors (Lipinski definition) is 4. The van der Waals surface area contributed by atoms with Crippen LogP contribution in [-0.4, -0.2) is 75.8 Å². The summed E-state index contributed by atoms with van der Waals surface area (Å²) in [6, 6.07) is 25.9. The van der Waals surface area contributed by atoms with Crippen LogP contribution in [0.1, 0.15) is 60.3 Å². The highest BCUT2D eigenvalue weighted by atomic mass is 16.7. The zero-order valence-electron chi connectivity index (χ0n) is 28.0. The highest BCUT2D eigenvalue weighted by Crippen LogP contribution is 2.39. The van der Waals surface area contributed by atoms with Gasteiger partial charge in [0.05, 0.1) is 18.8 Å². The number of aliphatic hydroxyl groups excluding tert-OH is 1. The van der Waals surface area contributed by atoms with E-state index < -0.39 is 12.2 Å². The predicted molar refractivity (Wildman–Crippen MR) is 187 cm³/mol. The van der Waals surface area contributed by atoms with Crippen LogP contribution in [0, 0.1) is 0 Å². The minimum Gasteiger partial charge on any atom is -0.392 e. The molecule has 4 aromatic rings. The van der Waals surface area contributed by atoms with E-state index in [4.69, 9.17) is 14.7 Å². The van der Waals surface area contributed by atoms with Gasteiger partial charge in [-0.25, -0.2) is 15.4 Å². The monoisotopic (exact) mass is 680 g/mol. The number of aromatic nitrogens is 2. The van der Waals surface area contributed by atoms with Crippen LogP contribution in [0.4, 0.5) is 5.95 Å². The van der Waals surface area contributed by atoms with Crippen molar-refractivity contribution in [2.45, 2.75) is 57.3 Å². The van der Waals surface area contributed by atoms with Crippen molar-refractivity contribution in [3.8, 4) is 11.1 Å². The maximum atomic E-state index is 12.4. The topological polar surface area (TPSA) is 149 Å². The van der Waals surface area contributed by atoms with Crippen LogP contribution in [0.3, 0.4) is 0 Å². The Morgan fingerprint density at radius 1 is 0.820 bits per heavy atom. The van der Waals surface area contributed by atoms with E-state index in [1.807, 2.05) is 66.7 Å². The molecule has 262 valence electrons. The van der Waals surface area contributed by atoms with Gasteiger partial charge in [-0.15, -0.1) is 0 Å². The maximum Gasteiger partial charge on any atom is 0.243 e. The summed E-state index contributed by atoms with van der Waals surface area (Å²) >= 11 is 0. The molecule has 0 aliphatic carbocycles. The van der Waals surface area contributed by atoms with Crippen LogP contribution >= 0.6 is 0 Å². The lowest BCUT2D eigenvalue weighted by atomic mass is 9.97. The number of hydroxylamine groups is 1. The molecule has 2 saturated heterocycles. The first-order valence-electron chi connectivity index (χ1n) is 17.1. The minimum atomic E-state index is -0.563. The molecule has 3 aromatic carbocycles. The normalized spacial score (nSPS) is 19.6. The van der Waals surface area contributed by atoms with Crippen LogP contribution in [0.25, 0.3) is 11.1 Å². The molecule has 2 amide bonds. The molecule has 0 unspecified atom stereocenters. The van der Waals surface area contributed by atoms with Crippen molar-refractivity contribution in [3.63, 3.8) is 0 Å². The summed E-state index contributed by atoms with van der Waals surface area (Å²) in [4.78, 5) is 37.1. The molecule has 2 fully saturated rings. The largest absolute Gasteiger partial charge is 0.392 e. The average molecular weight is 681 g/mol. The van der Waals surface area contributed by atoms with E-state index in [2.05, 4.69) is 37.2 Å². The second-order valence-electron chi connectivity index (χ2n) is 12.6. The molecule has 6 rings (SSSR count). The molecule has 0 bridgehead atoms. The molecule has 1 aromatic heterocycles. The number of amides is 2. The number of hydrogen-bond acceptors (Lipinski definition) is 10. The highest BCUT2D eigenvalue weighted by Gasteiger charge is 2.34. The Balaban J connectivity index is 1.12. The molecule has 3 heterocycles. The van der Waals surface area contributed by atoms with E-state index in [9.17, 15) is 14.7 Å². The van der Waals surface area contributed by atoms with Gasteiger partial charge in [0, 0.05) is 76.5 Å². The van der Waals surface area contributed by atoms with Crippen molar-refractivity contribution in [1.29, 1.82) is 0 Å². The second kappa shape index (κ2) is 17.3. The number of nitrogens with one attached hydrogen (secondary N) is 2. The van der Waals surface area contributed by atoms with Crippen molar-refractivity contribution >= 4 is 17.8 Å². The van der Waals surface area contributed by atoms with Crippen LogP contribution < -0.4 is 15.7 Å². The van der Waals surface area contributed by atoms with Crippen LogP contribution in [0.2, 0.25) is 0 Å². The molecule has 12 heteroatoms. The molecule has 0 spiro atoms. The smallest absolute Gasteiger partial charge is 0.243 e. The van der Waals surface area contributed by atoms with Gasteiger partial charge in [-0.2, -0.15) is 0 Å². The van der Waals surface area contributed by atoms with Crippen molar-refractivity contribution < 1.29 is 29.4 Å². The Bertz CT molecular complexity index is 1680. The van der Waals surface area contributed by atoms with Gasteiger partial charge in [0.1, 0.15) is 0 Å². The number of carbonyl (C=O) groups is 2. The lowest BCUT2D eigenvalue weighted by molar-refractivity contribution is -0.253. The standard InChI is InChI=1S/C38H44N6O6/c45-26-27-9-11-29(12-10-27)34-23-32(25-43-19-21-44(22-20-43)38-39-17-4-18-40-38)49-37(50-34)30-15-13-28(14-16-30)33-6-2-1-5-31(33)24-41-35(46)7-3-8-36(47)42-48/h1-2,4-6,9-18,32,34,37,45,48H,3,7-8,19-26H2,(H,41,46)(H,42,47)/t32-,34+,37+/m0/s1. The average Bonchev–Trinajstić information content (AvgIpc) is 3.17. The lowest BCUT2D eigenvalue weighted by Gasteiger charge is -2.40. The first kappa shape index (κ1) is 35.1. The van der Waals surface area contributed by atoms with E-state index >= 15 is 0 Å². The molecule has 4 N–H and O–H groups in total. The van der Waals surface area contributed by atoms with Gasteiger partial charge in [-0.3, -0.25) is 19.7 Å². The minimum absolute atomic E-state index is 0.00643. The lowest BCUT2D eigenvalue weighted by Crippen LogP contribution is -2.50. The Hall–Kier alpha value is -4.72. The van der Waals surface area contributed by atoms with Gasteiger partial charge in [0.15, 0.2) is 6.29 Å². The quantitative estimate of drug-likeness (QED) is 0.119. The summed E-state index contributed by atoms with van der Waals surface area (Å²) < 4.78 is 13.2. The van der Waals surface area contributed by atoms with Crippen molar-refractivity contribution in [2.75, 3.05) is 37.6 Å². The van der Waals surface area contributed by atoms with E-state index in [0.29, 0.717) is 19.4 Å². The van der Waals surface area contributed by atoms with Crippen molar-refractivity contribution in [3.05, 3.63) is 114 Å². The molecule has 3 atom stereocenters. The van der Waals surface area contributed by atoms with Gasteiger partial charge in [-0.05, 0) is 40.3 Å².